The van der Waals surface area contributed by atoms with Gasteiger partial charge in [-0.05, 0) is 6.07 Å². The van der Waals surface area contributed by atoms with Crippen molar-refractivity contribution in [2.24, 2.45) is 0 Å². The van der Waals surface area contributed by atoms with Crippen molar-refractivity contribution in [2.45, 2.75) is 6.18 Å². The minimum Gasteiger partial charge on any atom is -0.480 e. The first-order chi connectivity index (χ1) is 5.95. The van der Waals surface area contributed by atoms with Crippen molar-refractivity contribution in [3.63, 3.8) is 0 Å². The van der Waals surface area contributed by atoms with Crippen molar-refractivity contribution in [2.75, 3.05) is 7.11 Å². The fourth-order valence-electron chi connectivity index (χ4n) is 0.731. The van der Waals surface area contributed by atoms with Gasteiger partial charge >= 0.3 is 6.18 Å². The Morgan fingerprint density at radius 3 is 2.46 bits per heavy atom. The lowest BCUT2D eigenvalue weighted by atomic mass is 10.3. The van der Waals surface area contributed by atoms with Gasteiger partial charge in [0, 0.05) is 6.20 Å². The zero-order chi connectivity index (χ0) is 10.1. The highest BCUT2D eigenvalue weighted by molar-refractivity contribution is 6.31. The Hall–Kier alpha value is -0.970. The Balaban J connectivity index is 3.10. The predicted octanol–water partition coefficient (Wildman–Crippen LogP) is 2.76. The van der Waals surface area contributed by atoms with Gasteiger partial charge in [-0.2, -0.15) is 13.2 Å². The van der Waals surface area contributed by atoms with Crippen LogP contribution >= 0.6 is 11.6 Å². The summed E-state index contributed by atoms with van der Waals surface area (Å²) in [5.74, 6) is -0.0188. The lowest BCUT2D eigenvalue weighted by Crippen LogP contribution is -2.05. The van der Waals surface area contributed by atoms with Crippen LogP contribution in [0, 0.1) is 0 Å². The molecule has 6 heteroatoms. The van der Waals surface area contributed by atoms with Crippen LogP contribution < -0.4 is 4.74 Å². The van der Waals surface area contributed by atoms with Crippen LogP contribution in [0.1, 0.15) is 5.56 Å². The van der Waals surface area contributed by atoms with Gasteiger partial charge < -0.3 is 4.74 Å². The molecule has 0 amide bonds. The van der Waals surface area contributed by atoms with E-state index < -0.39 is 11.7 Å². The molecule has 1 aromatic rings. The average Bonchev–Trinajstić information content (AvgIpc) is 2.02. The third-order valence-electron chi connectivity index (χ3n) is 1.33. The number of ether oxygens (including phenoxy) is 1. The summed E-state index contributed by atoms with van der Waals surface area (Å²) in [6.45, 7) is 0. The lowest BCUT2D eigenvalue weighted by molar-refractivity contribution is -0.137. The molecule has 0 N–H and O–H groups in total. The normalized spacial score (nSPS) is 11.5. The Bertz CT molecular complexity index is 313. The number of pyridine rings is 1. The molecule has 0 aromatic carbocycles. The Kier molecular flexibility index (Phi) is 2.66. The van der Waals surface area contributed by atoms with Crippen LogP contribution in [0.3, 0.4) is 0 Å². The molecule has 1 aromatic heterocycles. The average molecular weight is 212 g/mol. The van der Waals surface area contributed by atoms with Crippen LogP contribution in [0.15, 0.2) is 12.3 Å². The lowest BCUT2D eigenvalue weighted by Gasteiger charge is -2.07. The molecule has 0 atom stereocenters. The fourth-order valence-corrected chi connectivity index (χ4v) is 0.974. The van der Waals surface area contributed by atoms with E-state index in [1.165, 1.54) is 7.11 Å². The number of nitrogens with zero attached hydrogens (tertiary/aromatic N) is 1. The van der Waals surface area contributed by atoms with Crippen molar-refractivity contribution in [1.82, 2.24) is 4.98 Å². The first-order valence-electron chi connectivity index (χ1n) is 3.22. The van der Waals surface area contributed by atoms with E-state index in [0.717, 1.165) is 6.07 Å². The minimum atomic E-state index is -4.43. The SMILES string of the molecule is COc1ncc(C(F)(F)F)cc1Cl. The van der Waals surface area contributed by atoms with Gasteiger partial charge in [0.05, 0.1) is 12.7 Å². The molecule has 1 heterocycles. The first-order valence-corrected chi connectivity index (χ1v) is 3.59. The molecule has 0 aliphatic heterocycles. The third-order valence-corrected chi connectivity index (χ3v) is 1.60. The molecule has 0 spiro atoms. The minimum absolute atomic E-state index is 0.0188. The number of hydrogen-bond acceptors (Lipinski definition) is 2. The van der Waals surface area contributed by atoms with Crippen molar-refractivity contribution < 1.29 is 17.9 Å². The van der Waals surface area contributed by atoms with Gasteiger partial charge in [0.25, 0.3) is 0 Å². The summed E-state index contributed by atoms with van der Waals surface area (Å²) < 4.78 is 40.8. The largest absolute Gasteiger partial charge is 0.480 e. The van der Waals surface area contributed by atoms with E-state index in [1.54, 1.807) is 0 Å². The highest BCUT2D eigenvalue weighted by Crippen LogP contribution is 2.32. The fraction of sp³-hybridized carbons (Fsp3) is 0.286. The number of rotatable bonds is 1. The van der Waals surface area contributed by atoms with Crippen LogP contribution in [0.4, 0.5) is 13.2 Å². The molecule has 0 fully saturated rings. The third kappa shape index (κ3) is 2.24. The summed E-state index contributed by atoms with van der Waals surface area (Å²) in [7, 11) is 1.28. The van der Waals surface area contributed by atoms with E-state index in [-0.39, 0.29) is 10.9 Å². The Labute approximate surface area is 77.3 Å². The van der Waals surface area contributed by atoms with Gasteiger partial charge in [-0.25, -0.2) is 4.98 Å². The molecule has 0 aliphatic rings. The Morgan fingerprint density at radius 2 is 2.08 bits per heavy atom. The molecule has 13 heavy (non-hydrogen) atoms. The number of methoxy groups -OCH3 is 1. The molecular formula is C7H5ClF3NO. The maximum Gasteiger partial charge on any atom is 0.417 e. The number of alkyl halides is 3. The molecule has 0 aliphatic carbocycles. The van der Waals surface area contributed by atoms with E-state index in [0.29, 0.717) is 6.20 Å². The molecule has 0 unspecified atom stereocenters. The van der Waals surface area contributed by atoms with Crippen LogP contribution in [-0.4, -0.2) is 12.1 Å². The van der Waals surface area contributed by atoms with Crippen LogP contribution in [0.2, 0.25) is 5.02 Å². The van der Waals surface area contributed by atoms with E-state index in [2.05, 4.69) is 9.72 Å². The van der Waals surface area contributed by atoms with Gasteiger partial charge in [-0.15, -0.1) is 0 Å². The Morgan fingerprint density at radius 1 is 1.46 bits per heavy atom. The molecule has 0 saturated carbocycles. The zero-order valence-corrected chi connectivity index (χ0v) is 7.28. The van der Waals surface area contributed by atoms with E-state index in [1.807, 2.05) is 0 Å². The summed E-state index contributed by atoms with van der Waals surface area (Å²) in [6.07, 6.45) is -3.76. The van der Waals surface area contributed by atoms with Gasteiger partial charge in [0.1, 0.15) is 5.02 Å². The van der Waals surface area contributed by atoms with Gasteiger partial charge in [0.2, 0.25) is 5.88 Å². The summed E-state index contributed by atoms with van der Waals surface area (Å²) in [5, 5.41) is -0.155. The maximum absolute atomic E-state index is 12.1. The maximum atomic E-state index is 12.1. The molecule has 0 saturated heterocycles. The van der Waals surface area contributed by atoms with E-state index in [4.69, 9.17) is 11.6 Å². The standard InChI is InChI=1S/C7H5ClF3NO/c1-13-6-5(8)2-4(3-12-6)7(9,10)11/h2-3H,1H3. The monoisotopic (exact) mass is 211 g/mol. The van der Waals surface area contributed by atoms with Crippen molar-refractivity contribution in [3.05, 3.63) is 22.8 Å². The van der Waals surface area contributed by atoms with Gasteiger partial charge in [-0.1, -0.05) is 11.6 Å². The zero-order valence-electron chi connectivity index (χ0n) is 6.52. The van der Waals surface area contributed by atoms with Crippen molar-refractivity contribution in [3.8, 4) is 5.88 Å². The van der Waals surface area contributed by atoms with Gasteiger partial charge in [0.15, 0.2) is 0 Å². The number of halogens is 4. The van der Waals surface area contributed by atoms with Crippen molar-refractivity contribution >= 4 is 11.6 Å². The summed E-state index contributed by atoms with van der Waals surface area (Å²) in [4.78, 5) is 3.39. The highest BCUT2D eigenvalue weighted by Gasteiger charge is 2.31. The molecule has 0 bridgehead atoms. The van der Waals surface area contributed by atoms with Crippen LogP contribution in [0.5, 0.6) is 5.88 Å². The van der Waals surface area contributed by atoms with Crippen LogP contribution in [0.25, 0.3) is 0 Å². The molecule has 0 radical (unpaired) electrons. The van der Waals surface area contributed by atoms with Crippen molar-refractivity contribution in [1.29, 1.82) is 0 Å². The van der Waals surface area contributed by atoms with E-state index in [9.17, 15) is 13.2 Å². The second kappa shape index (κ2) is 3.41. The highest BCUT2D eigenvalue weighted by atomic mass is 35.5. The summed E-state index contributed by atoms with van der Waals surface area (Å²) >= 11 is 5.45. The van der Waals surface area contributed by atoms with Crippen LogP contribution in [-0.2, 0) is 6.18 Å². The van der Waals surface area contributed by atoms with Gasteiger partial charge in [-0.3, -0.25) is 0 Å². The first kappa shape index (κ1) is 10.1. The quantitative estimate of drug-likeness (QED) is 0.713. The second-order valence-electron chi connectivity index (χ2n) is 2.21. The number of hydrogen-bond donors (Lipinski definition) is 0. The predicted molar refractivity (Wildman–Crippen MR) is 40.8 cm³/mol. The molecule has 1 rings (SSSR count). The molecule has 2 nitrogen and oxygen atoms in total. The summed E-state index contributed by atoms with van der Waals surface area (Å²) in [6, 6.07) is 0.771. The van der Waals surface area contributed by atoms with E-state index >= 15 is 0 Å². The summed E-state index contributed by atoms with van der Waals surface area (Å²) in [5.41, 5.74) is -0.890. The smallest absolute Gasteiger partial charge is 0.417 e. The molecular weight excluding hydrogens is 207 g/mol. The topological polar surface area (TPSA) is 22.1 Å². The number of aromatic nitrogens is 1. The second-order valence-corrected chi connectivity index (χ2v) is 2.62. The molecule has 72 valence electrons.